The standard InChI is InChI=1S/C2H4O2.H2O4S.H2O2/c1-2(3)4;1-5(2,3)4;1-2/h1H3,(H,3,4);(H2,1,2,3,4);1-2H. The molecule has 8 nitrogen and oxygen atoms in total. The Kier molecular flexibility index (Phi) is 14.1. The van der Waals surface area contributed by atoms with E-state index in [0.29, 0.717) is 0 Å². The molecule has 0 amide bonds. The maximum Gasteiger partial charge on any atom is 0.394 e. The first kappa shape index (κ1) is 16.7. The van der Waals surface area contributed by atoms with E-state index in [1.54, 1.807) is 0 Å². The van der Waals surface area contributed by atoms with Crippen LogP contribution in [0.25, 0.3) is 0 Å². The van der Waals surface area contributed by atoms with Gasteiger partial charge < -0.3 is 5.11 Å². The molecular weight excluding hydrogens is 184 g/mol. The average Bonchev–Trinajstić information content (AvgIpc) is 1.63. The predicted molar refractivity (Wildman–Crippen MR) is 32.7 cm³/mol. The average molecular weight is 192 g/mol. The summed E-state index contributed by atoms with van der Waals surface area (Å²) in [5.41, 5.74) is 0. The van der Waals surface area contributed by atoms with Crippen molar-refractivity contribution < 1.29 is 37.9 Å². The van der Waals surface area contributed by atoms with Crippen LogP contribution in [0.4, 0.5) is 0 Å². The molecule has 0 aliphatic carbocycles. The molecule has 0 spiro atoms. The van der Waals surface area contributed by atoms with Gasteiger partial charge in [-0.15, -0.1) is 0 Å². The fourth-order valence-corrected chi connectivity index (χ4v) is 0. The Hall–Kier alpha value is -0.740. The van der Waals surface area contributed by atoms with Crippen LogP contribution >= 0.6 is 0 Å². The molecule has 0 saturated heterocycles. The Balaban J connectivity index is -0.0000000965. The van der Waals surface area contributed by atoms with Gasteiger partial charge in [0.05, 0.1) is 0 Å². The van der Waals surface area contributed by atoms with Crippen LogP contribution in [0, 0.1) is 0 Å². The topological polar surface area (TPSA) is 152 Å². The molecule has 0 unspecified atom stereocenters. The number of rotatable bonds is 0. The van der Waals surface area contributed by atoms with Crippen LogP contribution < -0.4 is 0 Å². The minimum atomic E-state index is -4.67. The normalized spacial score (nSPS) is 8.09. The fraction of sp³-hybridized carbons (Fsp3) is 0.500. The van der Waals surface area contributed by atoms with Gasteiger partial charge in [-0.25, -0.2) is 0 Å². The van der Waals surface area contributed by atoms with Gasteiger partial charge in [-0.1, -0.05) is 0 Å². The van der Waals surface area contributed by atoms with Crippen molar-refractivity contribution in [2.75, 3.05) is 0 Å². The van der Waals surface area contributed by atoms with Crippen molar-refractivity contribution in [2.24, 2.45) is 0 Å². The lowest BCUT2D eigenvalue weighted by atomic mass is 10.9. The highest BCUT2D eigenvalue weighted by atomic mass is 32.3. The van der Waals surface area contributed by atoms with E-state index in [0.717, 1.165) is 6.92 Å². The van der Waals surface area contributed by atoms with Gasteiger partial charge in [0.1, 0.15) is 0 Å². The zero-order valence-electron chi connectivity index (χ0n) is 5.37. The van der Waals surface area contributed by atoms with Crippen molar-refractivity contribution in [3.8, 4) is 0 Å². The highest BCUT2D eigenvalue weighted by Gasteiger charge is 1.84. The van der Waals surface area contributed by atoms with Crippen molar-refractivity contribution in [3.05, 3.63) is 0 Å². The highest BCUT2D eigenvalue weighted by molar-refractivity contribution is 7.79. The molecule has 0 aromatic rings. The molecule has 0 aromatic heterocycles. The summed E-state index contributed by atoms with van der Waals surface area (Å²) in [4.78, 5) is 9.00. The van der Waals surface area contributed by atoms with E-state index in [1.807, 2.05) is 0 Å². The van der Waals surface area contributed by atoms with Gasteiger partial charge in [-0.3, -0.25) is 24.4 Å². The van der Waals surface area contributed by atoms with Crippen LogP contribution in [0.3, 0.4) is 0 Å². The van der Waals surface area contributed by atoms with Crippen LogP contribution in [0.5, 0.6) is 0 Å². The minimum Gasteiger partial charge on any atom is -0.481 e. The van der Waals surface area contributed by atoms with E-state index in [-0.39, 0.29) is 0 Å². The molecule has 0 bridgehead atoms. The Bertz CT molecular complexity index is 155. The van der Waals surface area contributed by atoms with E-state index < -0.39 is 16.4 Å². The van der Waals surface area contributed by atoms with E-state index in [9.17, 15) is 0 Å². The Labute approximate surface area is 62.2 Å². The molecule has 9 heteroatoms. The first-order chi connectivity index (χ1) is 4.73. The molecule has 70 valence electrons. The van der Waals surface area contributed by atoms with Crippen LogP contribution in [0.1, 0.15) is 6.92 Å². The van der Waals surface area contributed by atoms with E-state index >= 15 is 0 Å². The van der Waals surface area contributed by atoms with Gasteiger partial charge in [-0.05, 0) is 0 Å². The van der Waals surface area contributed by atoms with Crippen LogP contribution in [-0.2, 0) is 15.2 Å². The molecule has 0 rings (SSSR count). The molecule has 0 heterocycles. The fourth-order valence-electron chi connectivity index (χ4n) is 0. The zero-order chi connectivity index (χ0) is 10.1. The van der Waals surface area contributed by atoms with Crippen molar-refractivity contribution in [1.82, 2.24) is 0 Å². The van der Waals surface area contributed by atoms with Crippen molar-refractivity contribution in [1.29, 1.82) is 0 Å². The first-order valence-corrected chi connectivity index (χ1v) is 3.22. The second-order valence-corrected chi connectivity index (χ2v) is 1.86. The summed E-state index contributed by atoms with van der Waals surface area (Å²) < 4.78 is 31.6. The SMILES string of the molecule is CC(=O)O.O=S(=O)(O)O.OO. The van der Waals surface area contributed by atoms with Crippen molar-refractivity contribution in [3.63, 3.8) is 0 Å². The summed E-state index contributed by atoms with van der Waals surface area (Å²) in [6.07, 6.45) is 0. The molecule has 0 saturated carbocycles. The van der Waals surface area contributed by atoms with Gasteiger partial charge in [0.15, 0.2) is 0 Å². The van der Waals surface area contributed by atoms with E-state index in [1.165, 1.54) is 0 Å². The third-order valence-electron chi connectivity index (χ3n) is 0. The lowest BCUT2D eigenvalue weighted by Crippen LogP contribution is -1.89. The third-order valence-corrected chi connectivity index (χ3v) is 0. The van der Waals surface area contributed by atoms with Crippen molar-refractivity contribution in [2.45, 2.75) is 6.92 Å². The largest absolute Gasteiger partial charge is 0.481 e. The van der Waals surface area contributed by atoms with Crippen LogP contribution in [0.15, 0.2) is 0 Å². The maximum absolute atomic E-state index is 9.00. The molecule has 11 heavy (non-hydrogen) atoms. The second kappa shape index (κ2) is 9.26. The molecule has 5 N–H and O–H groups in total. The van der Waals surface area contributed by atoms with Crippen molar-refractivity contribution >= 4 is 16.4 Å². The smallest absolute Gasteiger partial charge is 0.394 e. The first-order valence-electron chi connectivity index (χ1n) is 1.83. The summed E-state index contributed by atoms with van der Waals surface area (Å²) in [5, 5.41) is 19.4. The molecule has 0 aliphatic heterocycles. The predicted octanol–water partition coefficient (Wildman–Crippen LogP) is -0.544. The number of carbonyl (C=O) groups is 1. The summed E-state index contributed by atoms with van der Waals surface area (Å²) in [7, 11) is -4.67. The molecule has 0 fully saturated rings. The van der Waals surface area contributed by atoms with Gasteiger partial charge in [0, 0.05) is 6.92 Å². The molecular formula is C2H8O8S. The highest BCUT2D eigenvalue weighted by Crippen LogP contribution is 1.59. The number of carboxylic acids is 1. The van der Waals surface area contributed by atoms with Crippen LogP contribution in [0.2, 0.25) is 0 Å². The Morgan fingerprint density at radius 2 is 1.18 bits per heavy atom. The summed E-state index contributed by atoms with van der Waals surface area (Å²) in [6, 6.07) is 0. The molecule has 0 aliphatic rings. The van der Waals surface area contributed by atoms with E-state index in [2.05, 4.69) is 0 Å². The lowest BCUT2D eigenvalue weighted by molar-refractivity contribution is -0.176. The third kappa shape index (κ3) is 891. The lowest BCUT2D eigenvalue weighted by Gasteiger charge is -1.68. The van der Waals surface area contributed by atoms with Gasteiger partial charge in [0.2, 0.25) is 0 Å². The molecule has 0 radical (unpaired) electrons. The summed E-state index contributed by atoms with van der Waals surface area (Å²) >= 11 is 0. The quantitative estimate of drug-likeness (QED) is 0.195. The summed E-state index contributed by atoms with van der Waals surface area (Å²) in [5.74, 6) is -0.833. The van der Waals surface area contributed by atoms with Gasteiger partial charge in [-0.2, -0.15) is 8.42 Å². The summed E-state index contributed by atoms with van der Waals surface area (Å²) in [6.45, 7) is 1.08. The number of aliphatic carboxylic acids is 1. The molecule has 0 atom stereocenters. The minimum absolute atomic E-state index is 0.833. The second-order valence-electron chi connectivity index (χ2n) is 0.967. The van der Waals surface area contributed by atoms with E-state index in [4.69, 9.17) is 37.9 Å². The maximum atomic E-state index is 9.00. The Morgan fingerprint density at radius 3 is 1.18 bits per heavy atom. The number of hydrogen-bond donors (Lipinski definition) is 5. The van der Waals surface area contributed by atoms with Gasteiger partial charge >= 0.3 is 10.4 Å². The monoisotopic (exact) mass is 192 g/mol. The number of carboxylic acid groups (broad SMARTS) is 1. The van der Waals surface area contributed by atoms with Gasteiger partial charge in [0.25, 0.3) is 5.97 Å². The molecule has 0 aromatic carbocycles. The Morgan fingerprint density at radius 1 is 1.18 bits per heavy atom. The number of hydrogen-bond acceptors (Lipinski definition) is 5. The zero-order valence-corrected chi connectivity index (χ0v) is 6.19. The van der Waals surface area contributed by atoms with Crippen LogP contribution in [-0.4, -0.2) is 39.1 Å².